The number of phenols is 1. The second-order valence-electron chi connectivity index (χ2n) is 2.72. The molecular weight excluding hydrogens is 182 g/mol. The minimum atomic E-state index is -0.333. The van der Waals surface area contributed by atoms with Crippen molar-refractivity contribution in [2.75, 3.05) is 0 Å². The number of Topliss-reactive ketones (excluding diaryl/α,β-unsaturated/α-hetero) is 1. The van der Waals surface area contributed by atoms with Crippen LogP contribution in [0.2, 0.25) is 0 Å². The minimum absolute atomic E-state index is 0.0316. The molecule has 1 rings (SSSR count). The van der Waals surface area contributed by atoms with Gasteiger partial charge < -0.3 is 10.8 Å². The fourth-order valence-electron chi connectivity index (χ4n) is 0.725. The second-order valence-corrected chi connectivity index (χ2v) is 2.72. The van der Waals surface area contributed by atoms with E-state index in [-0.39, 0.29) is 17.4 Å². The zero-order valence-corrected chi connectivity index (χ0v) is 8.15. The number of carbonyl (C=O) groups is 2. The molecule has 0 unspecified atom stereocenters. The van der Waals surface area contributed by atoms with E-state index in [1.807, 2.05) is 0 Å². The molecule has 14 heavy (non-hydrogen) atoms. The molecule has 0 saturated heterocycles. The van der Waals surface area contributed by atoms with E-state index in [0.717, 1.165) is 0 Å². The topological polar surface area (TPSA) is 80.4 Å². The molecule has 0 aliphatic carbocycles. The third-order valence-corrected chi connectivity index (χ3v) is 1.25. The third kappa shape index (κ3) is 5.77. The standard InChI is InChI=1S/C8H8O2.C2H5NO/c1-6(9)7-3-2-4-8(10)5-7;1-2(3)4/h2-5,10H,1H3;1H3,(H2,3,4). The molecule has 0 bridgehead atoms. The molecule has 0 saturated carbocycles. The monoisotopic (exact) mass is 195 g/mol. The summed E-state index contributed by atoms with van der Waals surface area (Å²) >= 11 is 0. The Bertz CT molecular complexity index is 330. The number of benzene rings is 1. The van der Waals surface area contributed by atoms with Crippen molar-refractivity contribution in [2.45, 2.75) is 13.8 Å². The van der Waals surface area contributed by atoms with Gasteiger partial charge in [-0.2, -0.15) is 0 Å². The highest BCUT2D eigenvalue weighted by Gasteiger charge is 1.97. The molecular formula is C10H13NO3. The number of phenolic OH excluding ortho intramolecular Hbond substituents is 1. The largest absolute Gasteiger partial charge is 0.508 e. The normalized spacial score (nSPS) is 8.43. The lowest BCUT2D eigenvalue weighted by molar-refractivity contribution is -0.115. The second kappa shape index (κ2) is 5.75. The molecule has 1 amide bonds. The highest BCUT2D eigenvalue weighted by atomic mass is 16.3. The Morgan fingerprint density at radius 2 is 1.79 bits per heavy atom. The van der Waals surface area contributed by atoms with Crippen LogP contribution in [-0.2, 0) is 4.79 Å². The Kier molecular flexibility index (Phi) is 4.99. The predicted molar refractivity (Wildman–Crippen MR) is 53.0 cm³/mol. The van der Waals surface area contributed by atoms with Crippen LogP contribution in [0.15, 0.2) is 24.3 Å². The van der Waals surface area contributed by atoms with Gasteiger partial charge in [0.05, 0.1) is 0 Å². The number of aromatic hydroxyl groups is 1. The molecule has 0 aliphatic rings. The minimum Gasteiger partial charge on any atom is -0.508 e. The number of primary amides is 1. The molecule has 0 spiro atoms. The molecule has 4 nitrogen and oxygen atoms in total. The summed E-state index contributed by atoms with van der Waals surface area (Å²) in [5.41, 5.74) is 5.01. The average Bonchev–Trinajstić information content (AvgIpc) is 2.03. The summed E-state index contributed by atoms with van der Waals surface area (Å²) in [5, 5.41) is 8.91. The smallest absolute Gasteiger partial charge is 0.214 e. The highest BCUT2D eigenvalue weighted by molar-refractivity contribution is 5.94. The summed E-state index contributed by atoms with van der Waals surface area (Å²) in [5.74, 6) is -0.233. The van der Waals surface area contributed by atoms with E-state index >= 15 is 0 Å². The Hall–Kier alpha value is -1.84. The summed E-state index contributed by atoms with van der Waals surface area (Å²) < 4.78 is 0. The SMILES string of the molecule is CC(=O)c1cccc(O)c1.CC(N)=O. The van der Waals surface area contributed by atoms with Crippen LogP contribution in [0.4, 0.5) is 0 Å². The van der Waals surface area contributed by atoms with Gasteiger partial charge in [-0.3, -0.25) is 9.59 Å². The van der Waals surface area contributed by atoms with Gasteiger partial charge in [0.25, 0.3) is 0 Å². The van der Waals surface area contributed by atoms with Gasteiger partial charge in [0.1, 0.15) is 5.75 Å². The fraction of sp³-hybridized carbons (Fsp3) is 0.200. The van der Waals surface area contributed by atoms with Crippen molar-refractivity contribution < 1.29 is 14.7 Å². The van der Waals surface area contributed by atoms with Gasteiger partial charge in [0.2, 0.25) is 5.91 Å². The molecule has 0 atom stereocenters. The molecule has 0 aliphatic heterocycles. The van der Waals surface area contributed by atoms with Crippen molar-refractivity contribution in [3.63, 3.8) is 0 Å². The van der Waals surface area contributed by atoms with E-state index in [4.69, 9.17) is 5.11 Å². The van der Waals surface area contributed by atoms with Crippen LogP contribution in [0.25, 0.3) is 0 Å². The van der Waals surface area contributed by atoms with Crippen molar-refractivity contribution >= 4 is 11.7 Å². The Morgan fingerprint density at radius 3 is 2.07 bits per heavy atom. The summed E-state index contributed by atoms with van der Waals surface area (Å²) in [7, 11) is 0. The highest BCUT2D eigenvalue weighted by Crippen LogP contribution is 2.10. The maximum Gasteiger partial charge on any atom is 0.214 e. The number of ketones is 1. The number of amides is 1. The van der Waals surface area contributed by atoms with Gasteiger partial charge >= 0.3 is 0 Å². The van der Waals surface area contributed by atoms with E-state index in [2.05, 4.69) is 5.73 Å². The number of hydrogen-bond acceptors (Lipinski definition) is 3. The van der Waals surface area contributed by atoms with Gasteiger partial charge in [-0.25, -0.2) is 0 Å². The van der Waals surface area contributed by atoms with Gasteiger partial charge in [-0.05, 0) is 19.1 Å². The number of carbonyl (C=O) groups excluding carboxylic acids is 2. The molecule has 1 aromatic rings. The first-order chi connectivity index (χ1) is 6.43. The van der Waals surface area contributed by atoms with E-state index in [1.165, 1.54) is 26.0 Å². The maximum absolute atomic E-state index is 10.7. The summed E-state index contributed by atoms with van der Waals surface area (Å²) in [6.07, 6.45) is 0. The maximum atomic E-state index is 10.7. The van der Waals surface area contributed by atoms with E-state index in [9.17, 15) is 9.59 Å². The van der Waals surface area contributed by atoms with Gasteiger partial charge in [0.15, 0.2) is 5.78 Å². The van der Waals surface area contributed by atoms with Crippen LogP contribution in [0.5, 0.6) is 5.75 Å². The molecule has 0 aromatic heterocycles. The molecule has 3 N–H and O–H groups in total. The molecule has 0 heterocycles. The van der Waals surface area contributed by atoms with Crippen molar-refractivity contribution in [3.05, 3.63) is 29.8 Å². The van der Waals surface area contributed by atoms with Crippen molar-refractivity contribution in [3.8, 4) is 5.75 Å². The van der Waals surface area contributed by atoms with Crippen LogP contribution in [-0.4, -0.2) is 16.8 Å². The molecule has 0 radical (unpaired) electrons. The van der Waals surface area contributed by atoms with E-state index in [0.29, 0.717) is 5.56 Å². The Morgan fingerprint density at radius 1 is 1.29 bits per heavy atom. The lowest BCUT2D eigenvalue weighted by Crippen LogP contribution is -2.01. The van der Waals surface area contributed by atoms with Crippen molar-refractivity contribution in [1.82, 2.24) is 0 Å². The number of rotatable bonds is 1. The number of nitrogens with two attached hydrogens (primary N) is 1. The zero-order chi connectivity index (χ0) is 11.1. The molecule has 76 valence electrons. The first-order valence-corrected chi connectivity index (χ1v) is 3.99. The summed E-state index contributed by atoms with van der Waals surface area (Å²) in [4.78, 5) is 19.9. The Balaban J connectivity index is 0.000000364. The van der Waals surface area contributed by atoms with Crippen LogP contribution < -0.4 is 5.73 Å². The van der Waals surface area contributed by atoms with Gasteiger partial charge in [-0.15, -0.1) is 0 Å². The van der Waals surface area contributed by atoms with Crippen molar-refractivity contribution in [2.24, 2.45) is 5.73 Å². The zero-order valence-electron chi connectivity index (χ0n) is 8.15. The van der Waals surface area contributed by atoms with E-state index in [1.54, 1.807) is 12.1 Å². The molecule has 4 heteroatoms. The lowest BCUT2D eigenvalue weighted by atomic mass is 10.1. The first-order valence-electron chi connectivity index (χ1n) is 3.99. The van der Waals surface area contributed by atoms with Crippen LogP contribution in [0.3, 0.4) is 0 Å². The van der Waals surface area contributed by atoms with Crippen LogP contribution >= 0.6 is 0 Å². The third-order valence-electron chi connectivity index (χ3n) is 1.25. The average molecular weight is 195 g/mol. The first kappa shape index (κ1) is 12.2. The summed E-state index contributed by atoms with van der Waals surface area (Å²) in [6.45, 7) is 2.77. The molecule has 0 fully saturated rings. The van der Waals surface area contributed by atoms with Crippen molar-refractivity contribution in [1.29, 1.82) is 0 Å². The Labute approximate surface area is 82.4 Å². The predicted octanol–water partition coefficient (Wildman–Crippen LogP) is 1.09. The summed E-state index contributed by atoms with van der Waals surface area (Å²) in [6, 6.07) is 6.29. The van der Waals surface area contributed by atoms with Crippen LogP contribution in [0.1, 0.15) is 24.2 Å². The number of hydrogen-bond donors (Lipinski definition) is 2. The fourth-order valence-corrected chi connectivity index (χ4v) is 0.725. The van der Waals surface area contributed by atoms with Crippen LogP contribution in [0, 0.1) is 0 Å². The quantitative estimate of drug-likeness (QED) is 0.658. The van der Waals surface area contributed by atoms with Gasteiger partial charge in [0, 0.05) is 12.5 Å². The van der Waals surface area contributed by atoms with E-state index < -0.39 is 0 Å². The lowest BCUT2D eigenvalue weighted by Gasteiger charge is -1.93. The molecule has 1 aromatic carbocycles. The van der Waals surface area contributed by atoms with Gasteiger partial charge in [-0.1, -0.05) is 12.1 Å².